The number of fused-ring (bicyclic) bond motifs is 2. The summed E-state index contributed by atoms with van der Waals surface area (Å²) in [6.45, 7) is 6.14. The fraction of sp³-hybridized carbons (Fsp3) is 0.692. The van der Waals surface area contributed by atoms with Crippen molar-refractivity contribution in [1.82, 2.24) is 9.80 Å². The highest BCUT2D eigenvalue weighted by atomic mass is 19.1. The Kier molecular flexibility index (Phi) is 5.99. The molecule has 0 N–H and O–H groups in total. The van der Waals surface area contributed by atoms with Crippen LogP contribution >= 0.6 is 0 Å². The number of carbonyl (C=O) groups is 2. The first-order valence-electron chi connectivity index (χ1n) is 12.6. The highest BCUT2D eigenvalue weighted by molar-refractivity contribution is 5.94. The molecule has 1 spiro atoms. The third-order valence-electron chi connectivity index (χ3n) is 8.65. The zero-order valence-corrected chi connectivity index (χ0v) is 19.3. The van der Waals surface area contributed by atoms with Crippen LogP contribution in [0.4, 0.5) is 10.1 Å². The van der Waals surface area contributed by atoms with Crippen LogP contribution in [0, 0.1) is 11.7 Å². The molecule has 1 aromatic carbocycles. The number of nitrogens with zero attached hydrogens (tertiary/aromatic N) is 3. The Morgan fingerprint density at radius 1 is 0.969 bits per heavy atom. The number of likely N-dealkylation sites (tertiary alicyclic amines) is 2. The van der Waals surface area contributed by atoms with Crippen molar-refractivity contribution < 1.29 is 14.0 Å². The quantitative estimate of drug-likeness (QED) is 0.694. The van der Waals surface area contributed by atoms with Crippen LogP contribution in [-0.4, -0.2) is 60.4 Å². The van der Waals surface area contributed by atoms with E-state index in [1.165, 1.54) is 12.5 Å². The standard InChI is InChI=1S/C26H36FN3O2/c1-19(31)30-18-26(23-17-21(27)7-10-24(23)30)11-15-28(16-12-26)22-8-5-20(6-9-22)25(32)29-13-3-2-4-14-29/h7,10,17,20,22H,2-6,8-9,11-16,18H2,1H3. The first-order chi connectivity index (χ1) is 15.5. The maximum atomic E-state index is 14.1. The van der Waals surface area contributed by atoms with Crippen molar-refractivity contribution in [1.29, 1.82) is 0 Å². The van der Waals surface area contributed by atoms with Crippen molar-refractivity contribution in [3.05, 3.63) is 29.6 Å². The van der Waals surface area contributed by atoms with Gasteiger partial charge in [0.15, 0.2) is 0 Å². The van der Waals surface area contributed by atoms with Crippen molar-refractivity contribution in [2.45, 2.75) is 76.2 Å². The summed E-state index contributed by atoms with van der Waals surface area (Å²) < 4.78 is 14.1. The number of halogens is 1. The van der Waals surface area contributed by atoms with Gasteiger partial charge in [0, 0.05) is 49.6 Å². The summed E-state index contributed by atoms with van der Waals surface area (Å²) in [4.78, 5) is 31.7. The highest BCUT2D eigenvalue weighted by Gasteiger charge is 2.47. The Balaban J connectivity index is 1.19. The average Bonchev–Trinajstić information content (AvgIpc) is 3.13. The number of rotatable bonds is 2. The van der Waals surface area contributed by atoms with Crippen molar-refractivity contribution in [2.24, 2.45) is 5.92 Å². The molecule has 3 aliphatic heterocycles. The lowest BCUT2D eigenvalue weighted by Crippen LogP contribution is -2.50. The number of carbonyl (C=O) groups excluding carboxylic acids is 2. The van der Waals surface area contributed by atoms with E-state index in [1.807, 2.05) is 4.90 Å². The van der Waals surface area contributed by atoms with Crippen molar-refractivity contribution in [3.63, 3.8) is 0 Å². The molecule has 0 aromatic heterocycles. The van der Waals surface area contributed by atoms with Crippen LogP contribution in [0.1, 0.15) is 70.3 Å². The Morgan fingerprint density at radius 2 is 1.66 bits per heavy atom. The molecule has 1 saturated carbocycles. The van der Waals surface area contributed by atoms with Gasteiger partial charge in [0.1, 0.15) is 5.82 Å². The van der Waals surface area contributed by atoms with Gasteiger partial charge in [-0.1, -0.05) is 0 Å². The number of hydrogen-bond donors (Lipinski definition) is 0. The van der Waals surface area contributed by atoms with E-state index in [0.29, 0.717) is 18.5 Å². The minimum atomic E-state index is -0.215. The molecule has 0 bridgehead atoms. The monoisotopic (exact) mass is 441 g/mol. The van der Waals surface area contributed by atoms with E-state index in [9.17, 15) is 14.0 Å². The minimum absolute atomic E-state index is 0.0360. The van der Waals surface area contributed by atoms with Gasteiger partial charge in [-0.25, -0.2) is 4.39 Å². The largest absolute Gasteiger partial charge is 0.342 e. The number of anilines is 1. The number of amides is 2. The van der Waals surface area contributed by atoms with Gasteiger partial charge in [-0.15, -0.1) is 0 Å². The second-order valence-electron chi connectivity index (χ2n) is 10.5. The molecular formula is C26H36FN3O2. The van der Waals surface area contributed by atoms with Crippen LogP contribution in [0.5, 0.6) is 0 Å². The Labute approximate surface area is 190 Å². The van der Waals surface area contributed by atoms with E-state index in [-0.39, 0.29) is 23.1 Å². The van der Waals surface area contributed by atoms with Crippen LogP contribution in [-0.2, 0) is 15.0 Å². The summed E-state index contributed by atoms with van der Waals surface area (Å²) in [6, 6.07) is 5.45. The molecule has 4 aliphatic rings. The van der Waals surface area contributed by atoms with Crippen LogP contribution in [0.15, 0.2) is 18.2 Å². The molecule has 32 heavy (non-hydrogen) atoms. The lowest BCUT2D eigenvalue weighted by atomic mass is 9.73. The first kappa shape index (κ1) is 21.9. The summed E-state index contributed by atoms with van der Waals surface area (Å²) in [5.41, 5.74) is 1.79. The van der Waals surface area contributed by atoms with E-state index in [4.69, 9.17) is 0 Å². The minimum Gasteiger partial charge on any atom is -0.342 e. The van der Waals surface area contributed by atoms with Crippen LogP contribution in [0.25, 0.3) is 0 Å². The second kappa shape index (κ2) is 8.77. The third-order valence-corrected chi connectivity index (χ3v) is 8.65. The highest BCUT2D eigenvalue weighted by Crippen LogP contribution is 2.48. The van der Waals surface area contributed by atoms with Crippen molar-refractivity contribution in [2.75, 3.05) is 37.6 Å². The molecule has 1 aromatic rings. The topological polar surface area (TPSA) is 43.9 Å². The predicted molar refractivity (Wildman–Crippen MR) is 123 cm³/mol. The lowest BCUT2D eigenvalue weighted by molar-refractivity contribution is -0.138. The van der Waals surface area contributed by atoms with Gasteiger partial charge < -0.3 is 14.7 Å². The second-order valence-corrected chi connectivity index (χ2v) is 10.5. The molecule has 174 valence electrons. The number of hydrogen-bond acceptors (Lipinski definition) is 3. The zero-order chi connectivity index (χ0) is 22.3. The van der Waals surface area contributed by atoms with E-state index in [0.717, 1.165) is 88.8 Å². The normalized spacial score (nSPS) is 28.1. The summed E-state index contributed by atoms with van der Waals surface area (Å²) in [5, 5.41) is 0. The summed E-state index contributed by atoms with van der Waals surface area (Å²) >= 11 is 0. The van der Waals surface area contributed by atoms with Gasteiger partial charge in [-0.3, -0.25) is 9.59 Å². The Bertz CT molecular complexity index is 866. The van der Waals surface area contributed by atoms with Gasteiger partial charge in [-0.05, 0) is 94.6 Å². The van der Waals surface area contributed by atoms with Gasteiger partial charge in [0.2, 0.25) is 11.8 Å². The van der Waals surface area contributed by atoms with E-state index < -0.39 is 0 Å². The van der Waals surface area contributed by atoms with Gasteiger partial charge in [0.05, 0.1) is 0 Å². The van der Waals surface area contributed by atoms with Crippen LogP contribution < -0.4 is 4.90 Å². The molecule has 1 aliphatic carbocycles. The molecule has 6 heteroatoms. The Morgan fingerprint density at radius 3 is 2.31 bits per heavy atom. The van der Waals surface area contributed by atoms with E-state index >= 15 is 0 Å². The molecule has 0 radical (unpaired) electrons. The molecule has 3 heterocycles. The molecule has 0 unspecified atom stereocenters. The maximum Gasteiger partial charge on any atom is 0.225 e. The Hall–Kier alpha value is -1.95. The smallest absolute Gasteiger partial charge is 0.225 e. The number of piperidine rings is 2. The van der Waals surface area contributed by atoms with Gasteiger partial charge in [0.25, 0.3) is 0 Å². The lowest BCUT2D eigenvalue weighted by Gasteiger charge is -2.45. The fourth-order valence-corrected chi connectivity index (χ4v) is 6.73. The third kappa shape index (κ3) is 3.95. The fourth-order valence-electron chi connectivity index (χ4n) is 6.73. The van der Waals surface area contributed by atoms with Crippen LogP contribution in [0.3, 0.4) is 0 Å². The molecule has 5 rings (SSSR count). The molecule has 0 atom stereocenters. The molecule has 5 nitrogen and oxygen atoms in total. The van der Waals surface area contributed by atoms with Crippen molar-refractivity contribution >= 4 is 17.5 Å². The average molecular weight is 442 g/mol. The van der Waals surface area contributed by atoms with E-state index in [1.54, 1.807) is 19.1 Å². The van der Waals surface area contributed by atoms with Crippen LogP contribution in [0.2, 0.25) is 0 Å². The summed E-state index contributed by atoms with van der Waals surface area (Å²) in [6.07, 6.45) is 9.70. The molecule has 3 fully saturated rings. The van der Waals surface area contributed by atoms with Crippen molar-refractivity contribution in [3.8, 4) is 0 Å². The molecule has 2 amide bonds. The SMILES string of the molecule is CC(=O)N1CC2(CCN(C3CCC(C(=O)N4CCCCC4)CC3)CC2)c2cc(F)ccc21. The molecule has 2 saturated heterocycles. The predicted octanol–water partition coefficient (Wildman–Crippen LogP) is 4.10. The van der Waals surface area contributed by atoms with Gasteiger partial charge >= 0.3 is 0 Å². The van der Waals surface area contributed by atoms with E-state index in [2.05, 4.69) is 9.80 Å². The first-order valence-corrected chi connectivity index (χ1v) is 12.6. The number of benzene rings is 1. The molecular weight excluding hydrogens is 405 g/mol. The summed E-state index contributed by atoms with van der Waals surface area (Å²) in [5.74, 6) is 0.436. The zero-order valence-electron chi connectivity index (χ0n) is 19.3. The van der Waals surface area contributed by atoms with Gasteiger partial charge in [-0.2, -0.15) is 0 Å². The maximum absolute atomic E-state index is 14.1. The summed E-state index contributed by atoms with van der Waals surface area (Å²) in [7, 11) is 0.